The monoisotopic (exact) mass is 237 g/mol. The van der Waals surface area contributed by atoms with E-state index in [2.05, 4.69) is 19.6 Å². The van der Waals surface area contributed by atoms with Crippen LogP contribution in [-0.2, 0) is 11.3 Å². The predicted molar refractivity (Wildman–Crippen MR) is 67.7 cm³/mol. The average molecular weight is 237 g/mol. The van der Waals surface area contributed by atoms with Crippen LogP contribution in [0.1, 0.15) is 5.56 Å². The van der Waals surface area contributed by atoms with E-state index in [4.69, 9.17) is 4.74 Å². The van der Waals surface area contributed by atoms with Crippen molar-refractivity contribution in [3.05, 3.63) is 35.9 Å². The minimum atomic E-state index is -1.69. The number of benzene rings is 1. The van der Waals surface area contributed by atoms with E-state index in [0.717, 1.165) is 5.56 Å². The Labute approximate surface area is 98.1 Å². The summed E-state index contributed by atoms with van der Waals surface area (Å²) in [5.74, 6) is 0. The molecule has 1 aromatic carbocycles. The van der Waals surface area contributed by atoms with Crippen LogP contribution in [0.15, 0.2) is 30.3 Å². The maximum atomic E-state index is 11.7. The van der Waals surface area contributed by atoms with Crippen LogP contribution in [0.3, 0.4) is 0 Å². The van der Waals surface area contributed by atoms with Crippen LogP contribution < -0.4 is 0 Å². The van der Waals surface area contributed by atoms with Gasteiger partial charge in [-0.15, -0.1) is 0 Å². The molecule has 0 radical (unpaired) electrons. The molecule has 0 N–H and O–H groups in total. The first kappa shape index (κ1) is 12.8. The van der Waals surface area contributed by atoms with Gasteiger partial charge in [-0.3, -0.25) is 0 Å². The molecule has 0 unspecified atom stereocenters. The van der Waals surface area contributed by atoms with Crippen molar-refractivity contribution in [3.8, 4) is 0 Å². The van der Waals surface area contributed by atoms with Crippen molar-refractivity contribution in [2.75, 3.05) is 7.11 Å². The van der Waals surface area contributed by atoms with Crippen LogP contribution in [0.25, 0.3) is 0 Å². The van der Waals surface area contributed by atoms with Crippen LogP contribution >= 0.6 is 0 Å². The first-order valence-electron chi connectivity index (χ1n) is 5.34. The molecule has 0 heterocycles. The van der Waals surface area contributed by atoms with Gasteiger partial charge in [-0.25, -0.2) is 4.79 Å². The highest BCUT2D eigenvalue weighted by atomic mass is 28.3. The summed E-state index contributed by atoms with van der Waals surface area (Å²) in [4.78, 5) is 11.7. The van der Waals surface area contributed by atoms with Crippen molar-refractivity contribution >= 4 is 14.3 Å². The molecule has 1 aromatic rings. The molecule has 0 saturated carbocycles. The van der Waals surface area contributed by atoms with E-state index in [1.165, 1.54) is 7.11 Å². The first-order valence-corrected chi connectivity index (χ1v) is 8.79. The second-order valence-corrected chi connectivity index (χ2v) is 9.59. The van der Waals surface area contributed by atoms with E-state index < -0.39 is 8.24 Å². The standard InChI is InChI=1S/C12H19NO2Si/c1-15-12(14)13(16(2,3)4)10-11-8-6-5-7-9-11/h5-9H,10H2,1-4H3. The molecular formula is C12H19NO2Si. The highest BCUT2D eigenvalue weighted by molar-refractivity contribution is 6.75. The lowest BCUT2D eigenvalue weighted by Crippen LogP contribution is -2.49. The molecule has 4 heteroatoms. The molecule has 0 fully saturated rings. The molecular weight excluding hydrogens is 218 g/mol. The zero-order valence-corrected chi connectivity index (χ0v) is 11.4. The Hall–Kier alpha value is -1.29. The Morgan fingerprint density at radius 2 is 1.81 bits per heavy atom. The van der Waals surface area contributed by atoms with Crippen LogP contribution in [0.4, 0.5) is 4.79 Å². The predicted octanol–water partition coefficient (Wildman–Crippen LogP) is 3.09. The van der Waals surface area contributed by atoms with Gasteiger partial charge in [0.05, 0.1) is 7.11 Å². The summed E-state index contributed by atoms with van der Waals surface area (Å²) in [5.41, 5.74) is 1.13. The summed E-state index contributed by atoms with van der Waals surface area (Å²) in [6.07, 6.45) is -0.233. The molecule has 0 aliphatic rings. The van der Waals surface area contributed by atoms with Gasteiger partial charge in [0, 0.05) is 6.54 Å². The lowest BCUT2D eigenvalue weighted by Gasteiger charge is -2.32. The van der Waals surface area contributed by atoms with Gasteiger partial charge in [0.25, 0.3) is 0 Å². The van der Waals surface area contributed by atoms with Crippen molar-refractivity contribution in [2.24, 2.45) is 0 Å². The number of carbonyl (C=O) groups is 1. The number of nitrogens with zero attached hydrogens (tertiary/aromatic N) is 1. The van der Waals surface area contributed by atoms with Gasteiger partial charge in [0.15, 0.2) is 8.24 Å². The van der Waals surface area contributed by atoms with Gasteiger partial charge in [-0.05, 0) is 5.56 Å². The Morgan fingerprint density at radius 3 is 2.25 bits per heavy atom. The smallest absolute Gasteiger partial charge is 0.401 e. The fraction of sp³-hybridized carbons (Fsp3) is 0.417. The number of rotatable bonds is 3. The van der Waals surface area contributed by atoms with Gasteiger partial charge in [-0.2, -0.15) is 0 Å². The number of carbonyl (C=O) groups excluding carboxylic acids is 1. The summed E-state index contributed by atoms with van der Waals surface area (Å²) in [6.45, 7) is 7.02. The fourth-order valence-electron chi connectivity index (χ4n) is 1.45. The minimum Gasteiger partial charge on any atom is -0.453 e. The number of amides is 1. The number of hydrogen-bond acceptors (Lipinski definition) is 2. The zero-order valence-electron chi connectivity index (χ0n) is 10.4. The van der Waals surface area contributed by atoms with Crippen molar-refractivity contribution < 1.29 is 9.53 Å². The van der Waals surface area contributed by atoms with E-state index in [-0.39, 0.29) is 6.09 Å². The van der Waals surface area contributed by atoms with Crippen LogP contribution in [-0.4, -0.2) is 26.0 Å². The highest BCUT2D eigenvalue weighted by Gasteiger charge is 2.29. The van der Waals surface area contributed by atoms with Gasteiger partial charge < -0.3 is 9.30 Å². The van der Waals surface area contributed by atoms with Crippen molar-refractivity contribution in [1.29, 1.82) is 0 Å². The molecule has 16 heavy (non-hydrogen) atoms. The summed E-state index contributed by atoms with van der Waals surface area (Å²) < 4.78 is 6.68. The molecule has 0 aliphatic carbocycles. The number of hydrogen-bond donors (Lipinski definition) is 0. The number of methoxy groups -OCH3 is 1. The maximum Gasteiger partial charge on any atom is 0.401 e. The van der Waals surface area contributed by atoms with Crippen molar-refractivity contribution in [2.45, 2.75) is 26.2 Å². The minimum absolute atomic E-state index is 0.233. The zero-order chi connectivity index (χ0) is 12.2. The van der Waals surface area contributed by atoms with Gasteiger partial charge in [0.2, 0.25) is 0 Å². The van der Waals surface area contributed by atoms with Crippen molar-refractivity contribution in [1.82, 2.24) is 4.57 Å². The van der Waals surface area contributed by atoms with E-state index in [0.29, 0.717) is 6.54 Å². The number of ether oxygens (including phenoxy) is 1. The lowest BCUT2D eigenvalue weighted by atomic mass is 10.2. The normalized spacial score (nSPS) is 11.0. The van der Waals surface area contributed by atoms with E-state index in [1.54, 1.807) is 0 Å². The van der Waals surface area contributed by atoms with Crippen LogP contribution in [0.2, 0.25) is 19.6 Å². The topological polar surface area (TPSA) is 29.5 Å². The largest absolute Gasteiger partial charge is 0.453 e. The first-order chi connectivity index (χ1) is 7.45. The Bertz CT molecular complexity index is 346. The summed E-state index contributed by atoms with van der Waals surface area (Å²) in [6, 6.07) is 9.98. The molecule has 1 rings (SSSR count). The lowest BCUT2D eigenvalue weighted by molar-refractivity contribution is 0.145. The van der Waals surface area contributed by atoms with Gasteiger partial charge in [0.1, 0.15) is 0 Å². The van der Waals surface area contributed by atoms with E-state index in [9.17, 15) is 4.79 Å². The van der Waals surface area contributed by atoms with Gasteiger partial charge >= 0.3 is 6.09 Å². The molecule has 0 bridgehead atoms. The van der Waals surface area contributed by atoms with E-state index >= 15 is 0 Å². The maximum absolute atomic E-state index is 11.7. The summed E-state index contributed by atoms with van der Waals surface area (Å²) in [7, 11) is -0.264. The Kier molecular flexibility index (Phi) is 4.12. The SMILES string of the molecule is COC(=O)N(Cc1ccccc1)[Si](C)(C)C. The third-order valence-electron chi connectivity index (χ3n) is 2.39. The van der Waals surface area contributed by atoms with Gasteiger partial charge in [-0.1, -0.05) is 50.0 Å². The van der Waals surface area contributed by atoms with Crippen LogP contribution in [0.5, 0.6) is 0 Å². The Balaban J connectivity index is 2.84. The molecule has 3 nitrogen and oxygen atoms in total. The third kappa shape index (κ3) is 3.38. The quantitative estimate of drug-likeness (QED) is 0.756. The molecule has 1 amide bonds. The molecule has 0 saturated heterocycles. The Morgan fingerprint density at radius 1 is 1.25 bits per heavy atom. The summed E-state index contributed by atoms with van der Waals surface area (Å²) >= 11 is 0. The molecule has 0 spiro atoms. The second-order valence-electron chi connectivity index (χ2n) is 4.71. The molecule has 88 valence electrons. The van der Waals surface area contributed by atoms with Crippen molar-refractivity contribution in [3.63, 3.8) is 0 Å². The highest BCUT2D eigenvalue weighted by Crippen LogP contribution is 2.15. The molecule has 0 aliphatic heterocycles. The van der Waals surface area contributed by atoms with E-state index in [1.807, 2.05) is 34.9 Å². The fourth-order valence-corrected chi connectivity index (χ4v) is 2.75. The molecule has 0 aromatic heterocycles. The summed E-state index contributed by atoms with van der Waals surface area (Å²) in [5, 5.41) is 0. The third-order valence-corrected chi connectivity index (χ3v) is 4.35. The molecule has 0 atom stereocenters. The second kappa shape index (κ2) is 5.16. The van der Waals surface area contributed by atoms with Crippen LogP contribution in [0, 0.1) is 0 Å². The average Bonchev–Trinajstić information content (AvgIpc) is 2.25.